The first-order chi connectivity index (χ1) is 27.7. The summed E-state index contributed by atoms with van der Waals surface area (Å²) >= 11 is 0. The fourth-order valence-corrected chi connectivity index (χ4v) is 7.32. The van der Waals surface area contributed by atoms with Gasteiger partial charge in [-0.25, -0.2) is 4.79 Å². The number of nitrogens with zero attached hydrogens (tertiary/aromatic N) is 3. The van der Waals surface area contributed by atoms with Crippen molar-refractivity contribution in [3.8, 4) is 28.4 Å². The molecule has 5 N–H and O–H groups in total. The zero-order valence-corrected chi connectivity index (χ0v) is 32.3. The van der Waals surface area contributed by atoms with Gasteiger partial charge < -0.3 is 40.3 Å². The van der Waals surface area contributed by atoms with E-state index in [9.17, 15) is 24.6 Å². The Bertz CT molecular complexity index is 2140. The summed E-state index contributed by atoms with van der Waals surface area (Å²) in [4.78, 5) is 37.7. The normalized spacial score (nSPS) is 13.9. The Kier molecular flexibility index (Phi) is 14.1. The van der Waals surface area contributed by atoms with Crippen LogP contribution in [0.2, 0.25) is 0 Å². The summed E-state index contributed by atoms with van der Waals surface area (Å²) in [6, 6.07) is 22.3. The molecule has 1 aromatic heterocycles. The minimum absolute atomic E-state index is 0.000764. The number of ether oxygens (including phenoxy) is 2. The van der Waals surface area contributed by atoms with Gasteiger partial charge in [-0.05, 0) is 66.4 Å². The highest BCUT2D eigenvalue weighted by Crippen LogP contribution is 2.39. The molecule has 5 aromatic rings. The molecule has 2 amide bonds. The second-order valence-electron chi connectivity index (χ2n) is 14.4. The molecule has 0 bridgehead atoms. The summed E-state index contributed by atoms with van der Waals surface area (Å²) in [7, 11) is 1.91. The first-order valence-corrected chi connectivity index (χ1v) is 19.6. The molecular formula is C44H51N5O8. The van der Waals surface area contributed by atoms with Gasteiger partial charge in [0.05, 0.1) is 25.8 Å². The molecule has 1 saturated carbocycles. The summed E-state index contributed by atoms with van der Waals surface area (Å²) in [5, 5.41) is 40.3. The number of phenolic OH excluding ortho intramolecular Hbond substituents is 1. The third-order valence-electron chi connectivity index (χ3n) is 10.4. The predicted octanol–water partition coefficient (Wildman–Crippen LogP) is 6.31. The maximum absolute atomic E-state index is 13.3. The Morgan fingerprint density at radius 2 is 1.74 bits per heavy atom. The van der Waals surface area contributed by atoms with Crippen LogP contribution in [-0.4, -0.2) is 93.3 Å². The van der Waals surface area contributed by atoms with Crippen LogP contribution >= 0.6 is 0 Å². The Balaban J connectivity index is 0.000000328. The zero-order valence-electron chi connectivity index (χ0n) is 32.3. The molecule has 13 heteroatoms. The molecule has 300 valence electrons. The van der Waals surface area contributed by atoms with E-state index in [1.807, 2.05) is 37.6 Å². The Labute approximate surface area is 332 Å². The number of hydrogen-bond donors (Lipinski definition) is 5. The molecule has 0 saturated heterocycles. The van der Waals surface area contributed by atoms with Crippen molar-refractivity contribution in [3.63, 3.8) is 0 Å². The smallest absolute Gasteiger partial charge is 0.339 e. The third-order valence-corrected chi connectivity index (χ3v) is 10.4. The number of carboxylic acid groups (broad SMARTS) is 1. The van der Waals surface area contributed by atoms with Gasteiger partial charge in [0.2, 0.25) is 5.91 Å². The van der Waals surface area contributed by atoms with Crippen molar-refractivity contribution in [2.45, 2.75) is 57.4 Å². The average Bonchev–Trinajstić information content (AvgIpc) is 3.66. The largest absolute Gasteiger partial charge is 0.506 e. The molecule has 57 heavy (non-hydrogen) atoms. The molecular weight excluding hydrogens is 727 g/mol. The highest BCUT2D eigenvalue weighted by molar-refractivity contribution is 6.00. The van der Waals surface area contributed by atoms with Crippen LogP contribution in [0.3, 0.4) is 0 Å². The molecule has 0 spiro atoms. The van der Waals surface area contributed by atoms with Crippen molar-refractivity contribution in [2.24, 2.45) is 7.05 Å². The van der Waals surface area contributed by atoms with E-state index in [0.29, 0.717) is 68.6 Å². The molecule has 1 aliphatic carbocycles. The van der Waals surface area contributed by atoms with Crippen LogP contribution in [0.15, 0.2) is 85.2 Å². The number of aromatic hydroxyl groups is 2. The van der Waals surface area contributed by atoms with Gasteiger partial charge in [-0.2, -0.15) is 5.10 Å². The van der Waals surface area contributed by atoms with Crippen molar-refractivity contribution in [2.75, 3.05) is 44.8 Å². The van der Waals surface area contributed by atoms with E-state index in [0.717, 1.165) is 41.3 Å². The van der Waals surface area contributed by atoms with Crippen LogP contribution in [0.25, 0.3) is 21.9 Å². The molecule has 2 aliphatic rings. The summed E-state index contributed by atoms with van der Waals surface area (Å²) in [5.41, 5.74) is 4.64. The van der Waals surface area contributed by atoms with Crippen LogP contribution < -0.4 is 15.4 Å². The quantitative estimate of drug-likeness (QED) is 0.0599. The lowest BCUT2D eigenvalue weighted by Gasteiger charge is -2.34. The lowest BCUT2D eigenvalue weighted by molar-refractivity contribution is -0.135. The van der Waals surface area contributed by atoms with Gasteiger partial charge in [0.25, 0.3) is 5.91 Å². The first kappa shape index (κ1) is 40.7. The summed E-state index contributed by atoms with van der Waals surface area (Å²) in [6.45, 7) is 2.99. The highest BCUT2D eigenvalue weighted by atomic mass is 16.5. The van der Waals surface area contributed by atoms with Gasteiger partial charge >= 0.3 is 5.97 Å². The number of hydrogen-bond acceptors (Lipinski definition) is 9. The molecule has 13 nitrogen and oxygen atoms in total. The van der Waals surface area contributed by atoms with Gasteiger partial charge in [-0.3, -0.25) is 14.3 Å². The molecule has 0 atom stereocenters. The van der Waals surface area contributed by atoms with Gasteiger partial charge in [-0.1, -0.05) is 79.9 Å². The maximum atomic E-state index is 13.3. The number of carboxylic acids is 1. The second-order valence-corrected chi connectivity index (χ2v) is 14.4. The third kappa shape index (κ3) is 10.9. The topological polar surface area (TPSA) is 175 Å². The van der Waals surface area contributed by atoms with E-state index >= 15 is 0 Å². The maximum Gasteiger partial charge on any atom is 0.339 e. The number of carbonyl (C=O) groups is 3. The number of benzene rings is 4. The number of aryl methyl sites for hydroxylation is 1. The van der Waals surface area contributed by atoms with Crippen molar-refractivity contribution < 1.29 is 39.2 Å². The van der Waals surface area contributed by atoms with E-state index in [2.05, 4.69) is 44.9 Å². The minimum atomic E-state index is -1.12. The SMILES string of the molecule is Cn1cc(-c2ccc(CCOCCC(=O)N(CCNCCc3ccc(O)c4c3OCC(=O)N4)C3CCCCC3)cc2)cn1.O=C(O)c1ccc2ccccc2c1O. The van der Waals surface area contributed by atoms with Crippen molar-refractivity contribution in [3.05, 3.63) is 102 Å². The second kappa shape index (κ2) is 19.8. The summed E-state index contributed by atoms with van der Waals surface area (Å²) in [6.07, 6.45) is 11.4. The van der Waals surface area contributed by atoms with E-state index in [-0.39, 0.29) is 35.5 Å². The Morgan fingerprint density at radius 1 is 0.947 bits per heavy atom. The number of rotatable bonds is 15. The number of aromatic carboxylic acids is 1. The van der Waals surface area contributed by atoms with E-state index in [4.69, 9.17) is 14.6 Å². The van der Waals surface area contributed by atoms with E-state index < -0.39 is 5.97 Å². The Hall–Kier alpha value is -5.92. The van der Waals surface area contributed by atoms with Gasteiger partial charge in [-0.15, -0.1) is 0 Å². The van der Waals surface area contributed by atoms with E-state index in [1.54, 1.807) is 28.9 Å². The molecule has 2 heterocycles. The zero-order chi connectivity index (χ0) is 40.1. The van der Waals surface area contributed by atoms with Crippen LogP contribution in [-0.2, 0) is 34.2 Å². The van der Waals surface area contributed by atoms with Crippen LogP contribution in [0.5, 0.6) is 17.2 Å². The van der Waals surface area contributed by atoms with Crippen LogP contribution in [0, 0.1) is 0 Å². The first-order valence-electron chi connectivity index (χ1n) is 19.6. The molecule has 4 aromatic carbocycles. The van der Waals surface area contributed by atoms with Crippen molar-refractivity contribution in [1.29, 1.82) is 0 Å². The van der Waals surface area contributed by atoms with Gasteiger partial charge in [0, 0.05) is 43.3 Å². The predicted molar refractivity (Wildman–Crippen MR) is 218 cm³/mol. The number of amides is 2. The fourth-order valence-electron chi connectivity index (χ4n) is 7.32. The number of anilines is 1. The lowest BCUT2D eigenvalue weighted by atomic mass is 9.94. The molecule has 1 aliphatic heterocycles. The molecule has 0 unspecified atom stereocenters. The lowest BCUT2D eigenvalue weighted by Crippen LogP contribution is -2.45. The number of phenols is 2. The van der Waals surface area contributed by atoms with Crippen LogP contribution in [0.1, 0.15) is 60.0 Å². The number of carbonyl (C=O) groups excluding carboxylic acids is 2. The average molecular weight is 778 g/mol. The Morgan fingerprint density at radius 3 is 2.49 bits per heavy atom. The van der Waals surface area contributed by atoms with Gasteiger partial charge in [0.1, 0.15) is 22.7 Å². The summed E-state index contributed by atoms with van der Waals surface area (Å²) in [5.74, 6) is -0.874. The van der Waals surface area contributed by atoms with Crippen LogP contribution in [0.4, 0.5) is 5.69 Å². The number of nitrogens with one attached hydrogen (secondary N) is 2. The minimum Gasteiger partial charge on any atom is -0.506 e. The molecule has 0 radical (unpaired) electrons. The van der Waals surface area contributed by atoms with Gasteiger partial charge in [0.15, 0.2) is 12.4 Å². The highest BCUT2D eigenvalue weighted by Gasteiger charge is 2.25. The van der Waals surface area contributed by atoms with Crippen molar-refractivity contribution in [1.82, 2.24) is 20.0 Å². The number of aromatic nitrogens is 2. The standard InChI is InChI=1S/C33H43N5O5.C11H8O3/c1-37-22-27(21-35-37)25-9-7-24(8-10-25)14-19-42-20-15-31(41)38(28-5-3-2-4-6-28)18-17-34-16-13-26-11-12-29(39)32-33(26)43-23-30(40)36-32;12-10-8-4-2-1-3-7(8)5-6-9(10)11(13)14/h7-12,21-22,28,34,39H,2-6,13-20,23H2,1H3,(H,36,40);1-6,12H,(H,13,14). The summed E-state index contributed by atoms with van der Waals surface area (Å²) < 4.78 is 13.3. The molecule has 1 fully saturated rings. The molecule has 7 rings (SSSR count). The fraction of sp³-hybridized carbons (Fsp3) is 0.364. The number of fused-ring (bicyclic) bond motifs is 2. The van der Waals surface area contributed by atoms with E-state index in [1.165, 1.54) is 30.9 Å². The monoisotopic (exact) mass is 777 g/mol. The van der Waals surface area contributed by atoms with Crippen molar-refractivity contribution >= 4 is 34.2 Å².